The van der Waals surface area contributed by atoms with E-state index < -0.39 is 0 Å². The average molecular weight is 246 g/mol. The molecule has 0 bridgehead atoms. The SMILES string of the molecule is Oc1ccc(S)c(O)c1.[H-].[Na+].c1cncnc1. The van der Waals surface area contributed by atoms with Crippen molar-refractivity contribution in [1.29, 1.82) is 0 Å². The molecule has 0 radical (unpaired) electrons. The second-order valence-electron chi connectivity index (χ2n) is 2.58. The van der Waals surface area contributed by atoms with E-state index in [2.05, 4.69) is 22.6 Å². The molecule has 0 atom stereocenters. The van der Waals surface area contributed by atoms with Gasteiger partial charge in [0.25, 0.3) is 0 Å². The first-order valence-electron chi connectivity index (χ1n) is 4.11. The summed E-state index contributed by atoms with van der Waals surface area (Å²) in [4.78, 5) is 7.81. The van der Waals surface area contributed by atoms with Gasteiger partial charge in [-0.3, -0.25) is 0 Å². The van der Waals surface area contributed by atoms with E-state index in [4.69, 9.17) is 10.2 Å². The quantitative estimate of drug-likeness (QED) is 0.411. The zero-order valence-electron chi connectivity index (χ0n) is 9.78. The molecule has 0 aliphatic heterocycles. The van der Waals surface area contributed by atoms with Gasteiger partial charge in [-0.15, -0.1) is 12.6 Å². The summed E-state index contributed by atoms with van der Waals surface area (Å²) in [5.41, 5.74) is 0. The van der Waals surface area contributed by atoms with Gasteiger partial charge in [-0.25, -0.2) is 9.97 Å². The molecule has 80 valence electrons. The van der Waals surface area contributed by atoms with Crippen LogP contribution in [0.3, 0.4) is 0 Å². The number of phenolic OH excluding ortho intramolecular Hbond substituents is 2. The van der Waals surface area contributed by atoms with Gasteiger partial charge in [0.05, 0.1) is 0 Å². The smallest absolute Gasteiger partial charge is 1.00 e. The molecule has 1 aromatic carbocycles. The minimum atomic E-state index is -0.00154. The van der Waals surface area contributed by atoms with E-state index in [0.717, 1.165) is 0 Å². The average Bonchev–Trinajstić information content (AvgIpc) is 2.27. The van der Waals surface area contributed by atoms with Crippen molar-refractivity contribution in [2.45, 2.75) is 4.90 Å². The minimum Gasteiger partial charge on any atom is -1.00 e. The standard InChI is InChI=1S/C6H6O2S.C4H4N2.Na.H/c7-4-1-2-6(9)5(8)3-4;1-2-5-4-6-3-1;;/h1-3,7-9H;1-4H;;/q;;+1;-1. The fraction of sp³-hybridized carbons (Fsp3) is 0. The van der Waals surface area contributed by atoms with Crippen LogP contribution in [0.4, 0.5) is 0 Å². The minimum absolute atomic E-state index is 0. The van der Waals surface area contributed by atoms with E-state index in [1.54, 1.807) is 18.5 Å². The van der Waals surface area contributed by atoms with E-state index >= 15 is 0 Å². The molecule has 16 heavy (non-hydrogen) atoms. The second-order valence-corrected chi connectivity index (χ2v) is 3.06. The molecule has 0 aliphatic carbocycles. The van der Waals surface area contributed by atoms with Crippen molar-refractivity contribution in [3.8, 4) is 11.5 Å². The number of thiol groups is 1. The molecule has 0 amide bonds. The van der Waals surface area contributed by atoms with Crippen LogP contribution in [-0.4, -0.2) is 20.2 Å². The molecule has 0 unspecified atom stereocenters. The molecule has 0 spiro atoms. The van der Waals surface area contributed by atoms with Crippen molar-refractivity contribution in [3.05, 3.63) is 43.0 Å². The zero-order chi connectivity index (χ0) is 11.1. The maximum absolute atomic E-state index is 8.86. The van der Waals surface area contributed by atoms with Crippen molar-refractivity contribution < 1.29 is 41.2 Å². The van der Waals surface area contributed by atoms with E-state index in [9.17, 15) is 0 Å². The third-order valence-corrected chi connectivity index (χ3v) is 1.81. The number of benzene rings is 1. The van der Waals surface area contributed by atoms with Crippen LogP contribution >= 0.6 is 12.6 Å². The second kappa shape index (κ2) is 8.41. The topological polar surface area (TPSA) is 66.2 Å². The molecule has 6 heteroatoms. The Morgan fingerprint density at radius 1 is 1.12 bits per heavy atom. The predicted octanol–water partition coefficient (Wildman–Crippen LogP) is -1.02. The molecule has 0 aliphatic rings. The Labute approximate surface area is 123 Å². The summed E-state index contributed by atoms with van der Waals surface area (Å²) in [6.07, 6.45) is 4.88. The van der Waals surface area contributed by atoms with Gasteiger partial charge < -0.3 is 11.6 Å². The largest absolute Gasteiger partial charge is 1.00 e. The summed E-state index contributed by atoms with van der Waals surface area (Å²) in [7, 11) is 0. The Morgan fingerprint density at radius 3 is 2.06 bits per heavy atom. The molecule has 2 aromatic rings. The number of phenols is 2. The zero-order valence-corrected chi connectivity index (χ0v) is 11.7. The first-order chi connectivity index (χ1) is 7.20. The van der Waals surface area contributed by atoms with E-state index in [1.165, 1.54) is 24.5 Å². The summed E-state index contributed by atoms with van der Waals surface area (Å²) in [6.45, 7) is 0. The van der Waals surface area contributed by atoms with Crippen LogP contribution < -0.4 is 29.6 Å². The number of aromatic hydroxyl groups is 2. The van der Waals surface area contributed by atoms with Crippen LogP contribution in [0.25, 0.3) is 0 Å². The van der Waals surface area contributed by atoms with Crippen LogP contribution in [0.1, 0.15) is 1.43 Å². The normalized spacial score (nSPS) is 8.31. The molecule has 0 fully saturated rings. The van der Waals surface area contributed by atoms with Crippen molar-refractivity contribution in [1.82, 2.24) is 9.97 Å². The van der Waals surface area contributed by atoms with Crippen molar-refractivity contribution in [2.75, 3.05) is 0 Å². The van der Waals surface area contributed by atoms with Crippen molar-refractivity contribution in [2.24, 2.45) is 0 Å². The van der Waals surface area contributed by atoms with Gasteiger partial charge in [0, 0.05) is 23.4 Å². The third kappa shape index (κ3) is 5.97. The molecular weight excluding hydrogens is 235 g/mol. The van der Waals surface area contributed by atoms with Gasteiger partial charge in [-0.2, -0.15) is 0 Å². The molecule has 2 rings (SSSR count). The number of hydrogen-bond donors (Lipinski definition) is 3. The maximum Gasteiger partial charge on any atom is 1.00 e. The van der Waals surface area contributed by atoms with Gasteiger partial charge >= 0.3 is 29.6 Å². The molecule has 4 nitrogen and oxygen atoms in total. The van der Waals surface area contributed by atoms with Gasteiger partial charge in [0.2, 0.25) is 0 Å². The number of nitrogens with zero attached hydrogens (tertiary/aromatic N) is 2. The Kier molecular flexibility index (Phi) is 8.01. The maximum atomic E-state index is 8.86. The fourth-order valence-electron chi connectivity index (χ4n) is 0.765. The molecule has 0 saturated heterocycles. The number of rotatable bonds is 0. The first kappa shape index (κ1) is 15.2. The van der Waals surface area contributed by atoms with Crippen LogP contribution in [0.5, 0.6) is 11.5 Å². The third-order valence-electron chi connectivity index (χ3n) is 1.44. The van der Waals surface area contributed by atoms with Gasteiger partial charge in [0.15, 0.2) is 0 Å². The summed E-state index contributed by atoms with van der Waals surface area (Å²) in [6, 6.07) is 6.00. The summed E-state index contributed by atoms with van der Waals surface area (Å²) in [5, 5.41) is 17.6. The van der Waals surface area contributed by atoms with Crippen LogP contribution in [-0.2, 0) is 0 Å². The summed E-state index contributed by atoms with van der Waals surface area (Å²) in [5.74, 6) is 0.0450. The summed E-state index contributed by atoms with van der Waals surface area (Å²) >= 11 is 3.88. The van der Waals surface area contributed by atoms with Gasteiger partial charge in [-0.05, 0) is 18.2 Å². The number of aromatic nitrogens is 2. The molecule has 1 heterocycles. The van der Waals surface area contributed by atoms with Crippen molar-refractivity contribution in [3.63, 3.8) is 0 Å². The first-order valence-corrected chi connectivity index (χ1v) is 4.56. The predicted molar refractivity (Wildman–Crippen MR) is 60.2 cm³/mol. The Bertz CT molecular complexity index is 394. The monoisotopic (exact) mass is 246 g/mol. The van der Waals surface area contributed by atoms with Gasteiger partial charge in [-0.1, -0.05) is 0 Å². The summed E-state index contributed by atoms with van der Waals surface area (Å²) < 4.78 is 0. The fourth-order valence-corrected chi connectivity index (χ4v) is 0.904. The van der Waals surface area contributed by atoms with E-state index in [-0.39, 0.29) is 42.5 Å². The van der Waals surface area contributed by atoms with Crippen LogP contribution in [0.15, 0.2) is 47.9 Å². The molecular formula is C10H11N2NaO2S. The Balaban J connectivity index is 0. The van der Waals surface area contributed by atoms with Crippen LogP contribution in [0, 0.1) is 0 Å². The molecule has 2 N–H and O–H groups in total. The molecule has 1 aromatic heterocycles. The number of hydrogen-bond acceptors (Lipinski definition) is 5. The van der Waals surface area contributed by atoms with E-state index in [0.29, 0.717) is 4.90 Å². The van der Waals surface area contributed by atoms with E-state index in [1.807, 2.05) is 0 Å². The molecule has 0 saturated carbocycles. The van der Waals surface area contributed by atoms with Crippen LogP contribution in [0.2, 0.25) is 0 Å². The van der Waals surface area contributed by atoms with Crippen molar-refractivity contribution >= 4 is 12.6 Å². The Morgan fingerprint density at radius 2 is 1.75 bits per heavy atom. The Hall–Kier alpha value is -0.750. The van der Waals surface area contributed by atoms with Gasteiger partial charge in [0.1, 0.15) is 17.8 Å².